The Morgan fingerprint density at radius 3 is 2.33 bits per heavy atom. The van der Waals surface area contributed by atoms with Gasteiger partial charge in [0.25, 0.3) is 0 Å². The number of amides is 2. The van der Waals surface area contributed by atoms with Crippen LogP contribution in [0.2, 0.25) is 5.02 Å². The summed E-state index contributed by atoms with van der Waals surface area (Å²) < 4.78 is 0. The molecule has 1 saturated heterocycles. The van der Waals surface area contributed by atoms with Gasteiger partial charge in [-0.3, -0.25) is 4.98 Å². The van der Waals surface area contributed by atoms with Gasteiger partial charge in [0.05, 0.1) is 16.2 Å². The molecule has 9 heteroatoms. The highest BCUT2D eigenvalue weighted by Gasteiger charge is 2.19. The highest BCUT2D eigenvalue weighted by atomic mass is 35.5. The van der Waals surface area contributed by atoms with E-state index in [0.717, 1.165) is 60.2 Å². The predicted molar refractivity (Wildman–Crippen MR) is 132 cm³/mol. The van der Waals surface area contributed by atoms with Crippen LogP contribution >= 0.6 is 11.6 Å². The molecule has 4 rings (SSSR count). The average molecular weight is 471 g/mol. The molecule has 176 valence electrons. The molecule has 0 spiro atoms. The Morgan fingerprint density at radius 2 is 1.79 bits per heavy atom. The van der Waals surface area contributed by atoms with Gasteiger partial charge >= 0.3 is 6.03 Å². The zero-order valence-electron chi connectivity index (χ0n) is 19.3. The highest BCUT2D eigenvalue weighted by molar-refractivity contribution is 6.34. The molecule has 1 aromatic carbocycles. The van der Waals surface area contributed by atoms with Gasteiger partial charge in [-0.2, -0.15) is 0 Å². The van der Waals surface area contributed by atoms with Crippen molar-refractivity contribution in [1.29, 1.82) is 0 Å². The van der Waals surface area contributed by atoms with Crippen molar-refractivity contribution < 1.29 is 9.90 Å². The first kappa shape index (κ1) is 24.7. The van der Waals surface area contributed by atoms with Crippen LogP contribution in [-0.4, -0.2) is 50.6 Å². The van der Waals surface area contributed by atoms with Crippen molar-refractivity contribution in [2.45, 2.75) is 45.6 Å². The molecule has 1 aliphatic heterocycles. The van der Waals surface area contributed by atoms with Crippen LogP contribution in [0.4, 0.5) is 10.5 Å². The summed E-state index contributed by atoms with van der Waals surface area (Å²) >= 11 is 6.27. The number of nitrogens with zero attached hydrogens (tertiary/aromatic N) is 4. The minimum Gasteiger partial charge on any atom is -0.384 e. The van der Waals surface area contributed by atoms with Crippen LogP contribution < -0.4 is 11.1 Å². The number of urea groups is 1. The van der Waals surface area contributed by atoms with E-state index < -0.39 is 5.60 Å². The predicted octanol–water partition coefficient (Wildman–Crippen LogP) is 4.56. The van der Waals surface area contributed by atoms with Crippen LogP contribution in [0.15, 0.2) is 36.8 Å². The van der Waals surface area contributed by atoms with Crippen LogP contribution in [0.5, 0.6) is 0 Å². The molecule has 1 fully saturated rings. The summed E-state index contributed by atoms with van der Waals surface area (Å²) in [5, 5.41) is 14.8. The average Bonchev–Trinajstić information content (AvgIpc) is 2.81. The van der Waals surface area contributed by atoms with Crippen LogP contribution in [0.3, 0.4) is 0 Å². The molecule has 2 amide bonds. The minimum absolute atomic E-state index is 0.269. The summed E-state index contributed by atoms with van der Waals surface area (Å²) in [5.41, 5.74) is 7.57. The first-order chi connectivity index (χ1) is 15.7. The summed E-state index contributed by atoms with van der Waals surface area (Å²) in [7, 11) is 0. The molecule has 0 radical (unpaired) electrons. The van der Waals surface area contributed by atoms with E-state index in [1.54, 1.807) is 37.3 Å². The zero-order valence-corrected chi connectivity index (χ0v) is 20.1. The molecule has 3 heterocycles. The van der Waals surface area contributed by atoms with Crippen LogP contribution in [-0.2, 0) is 5.60 Å². The van der Waals surface area contributed by atoms with Gasteiger partial charge in [0, 0.05) is 49.2 Å². The number of carbonyl (C=O) groups excluding carboxylic acids is 1. The second kappa shape index (κ2) is 10.8. The molecule has 0 saturated carbocycles. The topological polar surface area (TPSA) is 117 Å². The Balaban J connectivity index is 0.000000286. The van der Waals surface area contributed by atoms with Crippen molar-refractivity contribution in [3.63, 3.8) is 0 Å². The number of aliphatic hydroxyl groups is 1. The van der Waals surface area contributed by atoms with Gasteiger partial charge in [0.1, 0.15) is 5.60 Å². The maximum atomic E-state index is 10.5. The standard InChI is InChI=1S/C18H19ClN4O.C6H12N2O/c1-4-20-16-13-7-11(5-6-15(13)21-10-14(16)19)12-8-22-17(23-9-12)18(2,3)24;7-6(9)8-4-2-1-3-5-8/h5-10,24H,4H2,1-3H3,(H,20,21);1-5H2,(H2,7,9). The van der Waals surface area contributed by atoms with Crippen molar-refractivity contribution in [1.82, 2.24) is 19.9 Å². The number of likely N-dealkylation sites (tertiary alicyclic amines) is 1. The third-order valence-electron chi connectivity index (χ3n) is 5.38. The van der Waals surface area contributed by atoms with Gasteiger partial charge in [-0.25, -0.2) is 14.8 Å². The number of hydrogen-bond acceptors (Lipinski definition) is 6. The normalized spacial score (nSPS) is 13.9. The molecular weight excluding hydrogens is 440 g/mol. The third-order valence-corrected chi connectivity index (χ3v) is 5.66. The van der Waals surface area contributed by atoms with Crippen molar-refractivity contribution in [3.05, 3.63) is 47.6 Å². The molecule has 2 aromatic heterocycles. The number of piperidine rings is 1. The number of rotatable bonds is 4. The van der Waals surface area contributed by atoms with E-state index in [4.69, 9.17) is 17.3 Å². The lowest BCUT2D eigenvalue weighted by Crippen LogP contribution is -2.39. The summed E-state index contributed by atoms with van der Waals surface area (Å²) in [5.74, 6) is 0.394. The zero-order chi connectivity index (χ0) is 24.0. The maximum Gasteiger partial charge on any atom is 0.314 e. The first-order valence-electron chi connectivity index (χ1n) is 11.1. The van der Waals surface area contributed by atoms with Crippen molar-refractivity contribution in [3.8, 4) is 11.1 Å². The first-order valence-corrected chi connectivity index (χ1v) is 11.5. The second-order valence-electron chi connectivity index (χ2n) is 8.48. The van der Waals surface area contributed by atoms with E-state index >= 15 is 0 Å². The Kier molecular flexibility index (Phi) is 8.05. The number of primary amides is 1. The number of pyridine rings is 1. The van der Waals surface area contributed by atoms with Gasteiger partial charge < -0.3 is 21.1 Å². The molecular formula is C24H31ClN6O2. The van der Waals surface area contributed by atoms with E-state index in [-0.39, 0.29) is 6.03 Å². The lowest BCUT2D eigenvalue weighted by atomic mass is 10.0. The van der Waals surface area contributed by atoms with Gasteiger partial charge in [-0.15, -0.1) is 0 Å². The lowest BCUT2D eigenvalue weighted by molar-refractivity contribution is 0.0687. The lowest BCUT2D eigenvalue weighted by Gasteiger charge is -2.24. The monoisotopic (exact) mass is 470 g/mol. The van der Waals surface area contributed by atoms with Crippen molar-refractivity contribution >= 4 is 34.2 Å². The number of aromatic nitrogens is 3. The van der Waals surface area contributed by atoms with E-state index in [1.165, 1.54) is 6.42 Å². The van der Waals surface area contributed by atoms with Crippen LogP contribution in [0.1, 0.15) is 45.9 Å². The van der Waals surface area contributed by atoms with Crippen LogP contribution in [0, 0.1) is 0 Å². The van der Waals surface area contributed by atoms with Crippen molar-refractivity contribution in [2.24, 2.45) is 5.73 Å². The van der Waals surface area contributed by atoms with Gasteiger partial charge in [0.15, 0.2) is 5.82 Å². The minimum atomic E-state index is -1.06. The Hall–Kier alpha value is -2.97. The fourth-order valence-corrected chi connectivity index (χ4v) is 3.83. The summed E-state index contributed by atoms with van der Waals surface area (Å²) in [6.45, 7) is 7.83. The van der Waals surface area contributed by atoms with Crippen molar-refractivity contribution in [2.75, 3.05) is 25.0 Å². The molecule has 0 atom stereocenters. The molecule has 1 aliphatic rings. The number of carbonyl (C=O) groups is 1. The maximum absolute atomic E-state index is 10.5. The number of halogens is 1. The molecule has 3 aromatic rings. The van der Waals surface area contributed by atoms with E-state index in [0.29, 0.717) is 10.8 Å². The fraction of sp³-hybridized carbons (Fsp3) is 0.417. The smallest absolute Gasteiger partial charge is 0.314 e. The van der Waals surface area contributed by atoms with Crippen LogP contribution in [0.25, 0.3) is 22.0 Å². The highest BCUT2D eigenvalue weighted by Crippen LogP contribution is 2.32. The van der Waals surface area contributed by atoms with Gasteiger partial charge in [0.2, 0.25) is 0 Å². The van der Waals surface area contributed by atoms with Gasteiger partial charge in [-0.1, -0.05) is 17.7 Å². The fourth-order valence-electron chi connectivity index (χ4n) is 3.61. The number of benzene rings is 1. The summed E-state index contributed by atoms with van der Waals surface area (Å²) in [4.78, 5) is 25.1. The van der Waals surface area contributed by atoms with E-state index in [1.807, 2.05) is 25.1 Å². The number of nitrogens with two attached hydrogens (primary N) is 1. The SMILES string of the molecule is CCNc1c(Cl)cnc2ccc(-c3cnc(C(C)(C)O)nc3)cc12.NC(=O)N1CCCCC1. The number of hydrogen-bond donors (Lipinski definition) is 3. The van der Waals surface area contributed by atoms with E-state index in [9.17, 15) is 9.90 Å². The molecule has 0 aliphatic carbocycles. The molecule has 0 unspecified atom stereocenters. The number of anilines is 1. The molecule has 4 N–H and O–H groups in total. The largest absolute Gasteiger partial charge is 0.384 e. The summed E-state index contributed by atoms with van der Waals surface area (Å²) in [6.07, 6.45) is 8.55. The molecule has 0 bridgehead atoms. The molecule has 33 heavy (non-hydrogen) atoms. The molecule has 8 nitrogen and oxygen atoms in total. The Morgan fingerprint density at radius 1 is 1.12 bits per heavy atom. The Bertz CT molecular complexity index is 1090. The second-order valence-corrected chi connectivity index (χ2v) is 8.89. The van der Waals surface area contributed by atoms with E-state index in [2.05, 4.69) is 20.3 Å². The number of nitrogens with one attached hydrogen (secondary N) is 1. The van der Waals surface area contributed by atoms with Gasteiger partial charge in [-0.05, 0) is 57.7 Å². The number of fused-ring (bicyclic) bond motifs is 1. The summed E-state index contributed by atoms with van der Waals surface area (Å²) in [6, 6.07) is 5.68. The Labute approximate surface area is 199 Å². The quantitative estimate of drug-likeness (QED) is 0.514. The third kappa shape index (κ3) is 6.30.